The van der Waals surface area contributed by atoms with Crippen LogP contribution < -0.4 is 10.6 Å². The number of hydrogen-bond acceptors (Lipinski definition) is 6. The van der Waals surface area contributed by atoms with Gasteiger partial charge >= 0.3 is 6.18 Å². The van der Waals surface area contributed by atoms with Gasteiger partial charge in [0.1, 0.15) is 11.6 Å². The van der Waals surface area contributed by atoms with Crippen LogP contribution in [0.1, 0.15) is 35.3 Å². The van der Waals surface area contributed by atoms with E-state index in [1.54, 1.807) is 41.1 Å². The summed E-state index contributed by atoms with van der Waals surface area (Å²) in [5, 5.41) is 5.13. The molecule has 2 aromatic heterocycles. The summed E-state index contributed by atoms with van der Waals surface area (Å²) in [5.74, 6) is -0.486. The molecule has 3 saturated heterocycles. The third-order valence-electron chi connectivity index (χ3n) is 6.27. The van der Waals surface area contributed by atoms with Crippen molar-refractivity contribution < 1.29 is 22.8 Å². The molecule has 12 heteroatoms. The molecule has 3 aliphatic heterocycles. The molecular weight excluding hydrogens is 439 g/mol. The number of alkyl halides is 3. The Morgan fingerprint density at radius 1 is 1.15 bits per heavy atom. The van der Waals surface area contributed by atoms with Gasteiger partial charge in [0, 0.05) is 37.1 Å². The molecule has 0 spiro atoms. The van der Waals surface area contributed by atoms with E-state index >= 15 is 0 Å². The van der Waals surface area contributed by atoms with Crippen molar-refractivity contribution in [2.75, 3.05) is 18.0 Å². The molecule has 3 fully saturated rings. The van der Waals surface area contributed by atoms with E-state index in [2.05, 4.69) is 15.1 Å². The maximum Gasteiger partial charge on any atom is 0.419 e. The zero-order valence-electron chi connectivity index (χ0n) is 17.5. The second-order valence-corrected chi connectivity index (χ2v) is 8.36. The Labute approximate surface area is 186 Å². The van der Waals surface area contributed by atoms with Crippen LogP contribution in [0.25, 0.3) is 10.9 Å². The van der Waals surface area contributed by atoms with Gasteiger partial charge in [0.05, 0.1) is 23.2 Å². The van der Waals surface area contributed by atoms with Crippen molar-refractivity contribution in [2.24, 2.45) is 5.73 Å². The number of piperazine rings is 1. The molecule has 0 aliphatic carbocycles. The summed E-state index contributed by atoms with van der Waals surface area (Å²) in [7, 11) is 0. The maximum absolute atomic E-state index is 13.2. The van der Waals surface area contributed by atoms with E-state index in [0.717, 1.165) is 18.8 Å². The van der Waals surface area contributed by atoms with E-state index in [1.165, 1.54) is 4.68 Å². The van der Waals surface area contributed by atoms with Gasteiger partial charge in [-0.15, -0.1) is 0 Å². The number of primary amides is 1. The molecule has 2 amide bonds. The van der Waals surface area contributed by atoms with Gasteiger partial charge in [0.2, 0.25) is 11.9 Å². The molecule has 0 saturated carbocycles. The van der Waals surface area contributed by atoms with Gasteiger partial charge in [-0.25, -0.2) is 9.97 Å². The number of fused-ring (bicyclic) bond motifs is 3. The summed E-state index contributed by atoms with van der Waals surface area (Å²) >= 11 is 0. The average Bonchev–Trinajstić information content (AvgIpc) is 3.22. The molecule has 2 bridgehead atoms. The monoisotopic (exact) mass is 459 g/mol. The normalized spacial score (nSPS) is 21.1. The van der Waals surface area contributed by atoms with Gasteiger partial charge < -0.3 is 15.5 Å². The fraction of sp³-hybridized carbons (Fsp3) is 0.381. The zero-order valence-corrected chi connectivity index (χ0v) is 17.5. The third kappa shape index (κ3) is 3.55. The Morgan fingerprint density at radius 3 is 2.42 bits per heavy atom. The van der Waals surface area contributed by atoms with Crippen molar-refractivity contribution in [1.82, 2.24) is 24.6 Å². The summed E-state index contributed by atoms with van der Waals surface area (Å²) in [5.41, 5.74) is 5.26. The maximum atomic E-state index is 13.2. The third-order valence-corrected chi connectivity index (χ3v) is 6.27. The first kappa shape index (κ1) is 21.2. The molecule has 6 rings (SSSR count). The first-order valence-corrected chi connectivity index (χ1v) is 10.4. The van der Waals surface area contributed by atoms with Crippen molar-refractivity contribution in [1.29, 1.82) is 0 Å². The second-order valence-electron chi connectivity index (χ2n) is 8.36. The largest absolute Gasteiger partial charge is 0.419 e. The summed E-state index contributed by atoms with van der Waals surface area (Å²) in [4.78, 5) is 36.2. The molecule has 3 atom stereocenters. The number of anilines is 1. The highest BCUT2D eigenvalue weighted by Gasteiger charge is 2.49. The molecule has 3 aliphatic rings. The van der Waals surface area contributed by atoms with Crippen LogP contribution in [0.5, 0.6) is 0 Å². The SMILES string of the molecule is CC(C(=O)N1C2CC1CN(c1ncc(C(F)(F)F)cn1)C2)n1cc2cccc(C(N)=O)c2n1. The number of nitrogens with zero attached hydrogens (tertiary/aromatic N) is 6. The minimum Gasteiger partial charge on any atom is -0.366 e. The van der Waals surface area contributed by atoms with E-state index in [9.17, 15) is 22.8 Å². The Morgan fingerprint density at radius 2 is 1.82 bits per heavy atom. The van der Waals surface area contributed by atoms with Crippen LogP contribution in [0.2, 0.25) is 0 Å². The van der Waals surface area contributed by atoms with Crippen LogP contribution >= 0.6 is 0 Å². The Bertz CT molecular complexity index is 1230. The second kappa shape index (κ2) is 7.42. The van der Waals surface area contributed by atoms with Gasteiger partial charge in [0.15, 0.2) is 0 Å². The van der Waals surface area contributed by atoms with Crippen LogP contribution in [0, 0.1) is 0 Å². The van der Waals surface area contributed by atoms with Crippen molar-refractivity contribution in [2.45, 2.75) is 37.6 Å². The first-order chi connectivity index (χ1) is 15.6. The number of hydrogen-bond donors (Lipinski definition) is 1. The summed E-state index contributed by atoms with van der Waals surface area (Å²) in [6.07, 6.45) is -0.422. The van der Waals surface area contributed by atoms with Gasteiger partial charge in [-0.3, -0.25) is 14.3 Å². The lowest BCUT2D eigenvalue weighted by Crippen LogP contribution is -2.71. The predicted octanol–water partition coefficient (Wildman–Crippen LogP) is 1.99. The number of rotatable bonds is 4. The smallest absolute Gasteiger partial charge is 0.366 e. The number of piperidine rings is 1. The van der Waals surface area contributed by atoms with Crippen LogP contribution in [0.4, 0.5) is 19.1 Å². The van der Waals surface area contributed by atoms with Crippen molar-refractivity contribution >= 4 is 28.7 Å². The molecule has 3 aromatic rings. The Kier molecular flexibility index (Phi) is 4.76. The highest BCUT2D eigenvalue weighted by Crippen LogP contribution is 2.36. The lowest BCUT2D eigenvalue weighted by atomic mass is 9.86. The molecule has 1 aromatic carbocycles. The van der Waals surface area contributed by atoms with Crippen molar-refractivity contribution in [3.05, 3.63) is 47.9 Å². The minimum atomic E-state index is -4.49. The highest BCUT2D eigenvalue weighted by atomic mass is 19.4. The predicted molar refractivity (Wildman–Crippen MR) is 111 cm³/mol. The fourth-order valence-corrected chi connectivity index (χ4v) is 4.55. The molecular formula is C21H20F3N7O2. The molecule has 5 heterocycles. The number of halogens is 3. The summed E-state index contributed by atoms with van der Waals surface area (Å²) in [6, 6.07) is 4.32. The molecule has 172 valence electrons. The summed E-state index contributed by atoms with van der Waals surface area (Å²) < 4.78 is 39.8. The number of aromatic nitrogens is 4. The van der Waals surface area contributed by atoms with Crippen molar-refractivity contribution in [3.63, 3.8) is 0 Å². The quantitative estimate of drug-likeness (QED) is 0.639. The molecule has 9 nitrogen and oxygen atoms in total. The van der Waals surface area contributed by atoms with Crippen molar-refractivity contribution in [3.8, 4) is 0 Å². The van der Waals surface area contributed by atoms with E-state index in [4.69, 9.17) is 5.73 Å². The van der Waals surface area contributed by atoms with E-state index < -0.39 is 23.7 Å². The van der Waals surface area contributed by atoms with E-state index in [1.807, 2.05) is 0 Å². The van der Waals surface area contributed by atoms with Gasteiger partial charge in [-0.05, 0) is 19.4 Å². The van der Waals surface area contributed by atoms with Crippen LogP contribution in [-0.4, -0.2) is 61.6 Å². The lowest BCUT2D eigenvalue weighted by Gasteiger charge is -2.56. The van der Waals surface area contributed by atoms with Gasteiger partial charge in [0.25, 0.3) is 5.91 Å². The topological polar surface area (TPSA) is 110 Å². The number of nitrogens with two attached hydrogens (primary N) is 1. The Balaban J connectivity index is 1.30. The average molecular weight is 459 g/mol. The minimum absolute atomic E-state index is 0.0873. The first-order valence-electron chi connectivity index (χ1n) is 10.4. The van der Waals surface area contributed by atoms with E-state index in [-0.39, 0.29) is 23.9 Å². The molecule has 33 heavy (non-hydrogen) atoms. The highest BCUT2D eigenvalue weighted by molar-refractivity contribution is 6.04. The van der Waals surface area contributed by atoms with Gasteiger partial charge in [-0.2, -0.15) is 18.3 Å². The van der Waals surface area contributed by atoms with E-state index in [0.29, 0.717) is 29.6 Å². The standard InChI is InChI=1S/C21H20F3N7O2/c1-11(30-8-12-3-2-4-16(18(25)32)17(12)28-30)19(33)31-14-5-15(31)10-29(9-14)20-26-6-13(7-27-20)21(22,23)24/h2-4,6-8,11,14-15H,5,9-10H2,1H3,(H2,25,32). The number of carbonyl (C=O) groups is 2. The molecule has 2 N–H and O–H groups in total. The number of benzene rings is 1. The Hall–Kier alpha value is -3.70. The van der Waals surface area contributed by atoms with Crippen LogP contribution in [0.3, 0.4) is 0 Å². The lowest BCUT2D eigenvalue weighted by molar-refractivity contribution is -0.149. The van der Waals surface area contributed by atoms with Crippen LogP contribution in [0.15, 0.2) is 36.8 Å². The molecule has 0 radical (unpaired) electrons. The van der Waals surface area contributed by atoms with Crippen LogP contribution in [-0.2, 0) is 11.0 Å². The fourth-order valence-electron chi connectivity index (χ4n) is 4.55. The number of amides is 2. The van der Waals surface area contributed by atoms with Gasteiger partial charge in [-0.1, -0.05) is 12.1 Å². The zero-order chi connectivity index (χ0) is 23.5. The number of carbonyl (C=O) groups excluding carboxylic acids is 2. The molecule has 3 unspecified atom stereocenters. The summed E-state index contributed by atoms with van der Waals surface area (Å²) in [6.45, 7) is 2.61.